The normalized spacial score (nSPS) is 31.0. The van der Waals surface area contributed by atoms with Crippen LogP contribution in [0.2, 0.25) is 0 Å². The van der Waals surface area contributed by atoms with Gasteiger partial charge in [-0.25, -0.2) is 0 Å². The van der Waals surface area contributed by atoms with Crippen LogP contribution in [0.15, 0.2) is 12.2 Å². The smallest absolute Gasteiger partial charge is 0.223 e. The summed E-state index contributed by atoms with van der Waals surface area (Å²) in [4.78, 5) is 11.9. The molecule has 86 valence electrons. The van der Waals surface area contributed by atoms with E-state index in [4.69, 9.17) is 0 Å². The van der Waals surface area contributed by atoms with Crippen molar-refractivity contribution in [2.24, 2.45) is 17.8 Å². The third kappa shape index (κ3) is 3.08. The van der Waals surface area contributed by atoms with E-state index in [0.717, 1.165) is 25.0 Å². The molecule has 15 heavy (non-hydrogen) atoms. The minimum absolute atomic E-state index is 0.159. The quantitative estimate of drug-likeness (QED) is 0.711. The second-order valence-corrected chi connectivity index (χ2v) is 4.87. The average Bonchev–Trinajstić information content (AvgIpc) is 2.17. The Kier molecular flexibility index (Phi) is 4.37. The highest BCUT2D eigenvalue weighted by Gasteiger charge is 2.33. The second-order valence-electron chi connectivity index (χ2n) is 4.87. The lowest BCUT2D eigenvalue weighted by Crippen LogP contribution is -2.38. The Bertz CT molecular complexity index is 247. The van der Waals surface area contributed by atoms with Crippen molar-refractivity contribution in [3.8, 4) is 0 Å². The summed E-state index contributed by atoms with van der Waals surface area (Å²) in [5, 5.41) is 2.94. The van der Waals surface area contributed by atoms with Crippen LogP contribution in [0.5, 0.6) is 0 Å². The third-order valence-electron chi connectivity index (χ3n) is 3.43. The summed E-state index contributed by atoms with van der Waals surface area (Å²) in [6, 6.07) is 0. The van der Waals surface area contributed by atoms with Gasteiger partial charge in [0.2, 0.25) is 5.91 Å². The van der Waals surface area contributed by atoms with Gasteiger partial charge in [-0.1, -0.05) is 25.5 Å². The maximum absolute atomic E-state index is 11.9. The number of hydrogen-bond acceptors (Lipinski definition) is 1. The minimum atomic E-state index is 0.159. The van der Waals surface area contributed by atoms with Gasteiger partial charge in [0.25, 0.3) is 0 Å². The molecular formula is C13H23NO. The van der Waals surface area contributed by atoms with Gasteiger partial charge >= 0.3 is 0 Å². The van der Waals surface area contributed by atoms with E-state index in [-0.39, 0.29) is 11.8 Å². The van der Waals surface area contributed by atoms with Crippen molar-refractivity contribution in [3.63, 3.8) is 0 Å². The first-order chi connectivity index (χ1) is 7.06. The zero-order chi connectivity index (χ0) is 11.4. The number of hydrogen-bond donors (Lipinski definition) is 1. The lowest BCUT2D eigenvalue weighted by Gasteiger charge is -2.34. The number of carbonyl (C=O) groups is 1. The van der Waals surface area contributed by atoms with Crippen LogP contribution in [-0.2, 0) is 4.79 Å². The number of rotatable bonds is 3. The van der Waals surface area contributed by atoms with E-state index >= 15 is 0 Å². The lowest BCUT2D eigenvalue weighted by molar-refractivity contribution is -0.127. The molecule has 0 radical (unpaired) electrons. The first kappa shape index (κ1) is 12.3. The second kappa shape index (κ2) is 5.34. The molecule has 1 aliphatic rings. The molecule has 1 saturated carbocycles. The topological polar surface area (TPSA) is 29.1 Å². The Hall–Kier alpha value is -0.790. The van der Waals surface area contributed by atoms with Crippen LogP contribution in [-0.4, -0.2) is 12.5 Å². The Labute approximate surface area is 93.1 Å². The van der Waals surface area contributed by atoms with Crippen LogP contribution in [0.3, 0.4) is 0 Å². The molecular weight excluding hydrogens is 186 g/mol. The zero-order valence-corrected chi connectivity index (χ0v) is 10.2. The summed E-state index contributed by atoms with van der Waals surface area (Å²) < 4.78 is 0. The molecule has 0 spiro atoms. The third-order valence-corrected chi connectivity index (χ3v) is 3.43. The van der Waals surface area contributed by atoms with Crippen LogP contribution < -0.4 is 5.32 Å². The van der Waals surface area contributed by atoms with Crippen LogP contribution >= 0.6 is 0 Å². The summed E-state index contributed by atoms with van der Waals surface area (Å²) in [6.45, 7) is 11.0. The molecule has 3 atom stereocenters. The van der Waals surface area contributed by atoms with E-state index in [1.165, 1.54) is 6.42 Å². The maximum atomic E-state index is 11.9. The highest BCUT2D eigenvalue weighted by Crippen LogP contribution is 2.37. The molecule has 1 rings (SSSR count). The standard InChI is InChI=1S/C13H23NO/c1-5-14-13(15)12-8-10(4)6-7-11(12)9(2)3/h10-12H,2,5-8H2,1,3-4H3,(H,14,15)/t10?,11?,12-/m1/s1. The van der Waals surface area contributed by atoms with Gasteiger partial charge in [-0.2, -0.15) is 0 Å². The molecule has 1 fully saturated rings. The van der Waals surface area contributed by atoms with Crippen LogP contribution in [0.1, 0.15) is 40.0 Å². The van der Waals surface area contributed by atoms with Gasteiger partial charge in [0.15, 0.2) is 0 Å². The molecule has 1 aliphatic carbocycles. The highest BCUT2D eigenvalue weighted by molar-refractivity contribution is 5.79. The van der Waals surface area contributed by atoms with Crippen molar-refractivity contribution in [3.05, 3.63) is 12.2 Å². The maximum Gasteiger partial charge on any atom is 0.223 e. The Morgan fingerprint density at radius 2 is 2.07 bits per heavy atom. The molecule has 0 saturated heterocycles. The van der Waals surface area contributed by atoms with Crippen molar-refractivity contribution in [1.82, 2.24) is 5.32 Å². The molecule has 0 aliphatic heterocycles. The minimum Gasteiger partial charge on any atom is -0.356 e. The highest BCUT2D eigenvalue weighted by atomic mass is 16.1. The van der Waals surface area contributed by atoms with Gasteiger partial charge in [-0.05, 0) is 38.5 Å². The summed E-state index contributed by atoms with van der Waals surface area (Å²) in [7, 11) is 0. The van der Waals surface area contributed by atoms with Crippen LogP contribution in [0.4, 0.5) is 0 Å². The number of carbonyl (C=O) groups excluding carboxylic acids is 1. The van der Waals surface area contributed by atoms with Crippen molar-refractivity contribution in [2.75, 3.05) is 6.54 Å². The first-order valence-corrected chi connectivity index (χ1v) is 5.99. The molecule has 1 amide bonds. The molecule has 0 bridgehead atoms. The number of amides is 1. The van der Waals surface area contributed by atoms with E-state index in [0.29, 0.717) is 11.8 Å². The number of allylic oxidation sites excluding steroid dienone is 1. The first-order valence-electron chi connectivity index (χ1n) is 5.99. The summed E-state index contributed by atoms with van der Waals surface area (Å²) >= 11 is 0. The molecule has 0 aromatic carbocycles. The molecule has 2 heteroatoms. The average molecular weight is 209 g/mol. The molecule has 2 nitrogen and oxygen atoms in total. The summed E-state index contributed by atoms with van der Waals surface area (Å²) in [5.41, 5.74) is 1.16. The lowest BCUT2D eigenvalue weighted by atomic mass is 9.71. The largest absolute Gasteiger partial charge is 0.356 e. The van der Waals surface area contributed by atoms with Gasteiger partial charge < -0.3 is 5.32 Å². The van der Waals surface area contributed by atoms with Gasteiger partial charge in [0.1, 0.15) is 0 Å². The molecule has 2 unspecified atom stereocenters. The predicted octanol–water partition coefficient (Wildman–Crippen LogP) is 2.75. The van der Waals surface area contributed by atoms with Crippen molar-refractivity contribution >= 4 is 5.91 Å². The van der Waals surface area contributed by atoms with E-state index in [1.807, 2.05) is 13.8 Å². The van der Waals surface area contributed by atoms with Gasteiger partial charge in [0, 0.05) is 12.5 Å². The Morgan fingerprint density at radius 3 is 2.60 bits per heavy atom. The molecule has 0 heterocycles. The van der Waals surface area contributed by atoms with Crippen LogP contribution in [0.25, 0.3) is 0 Å². The van der Waals surface area contributed by atoms with E-state index in [2.05, 4.69) is 18.8 Å². The fourth-order valence-electron chi connectivity index (χ4n) is 2.57. The van der Waals surface area contributed by atoms with Crippen molar-refractivity contribution in [2.45, 2.75) is 40.0 Å². The van der Waals surface area contributed by atoms with Gasteiger partial charge in [0.05, 0.1) is 0 Å². The fraction of sp³-hybridized carbons (Fsp3) is 0.769. The van der Waals surface area contributed by atoms with Gasteiger partial charge in [-0.3, -0.25) is 4.79 Å². The monoisotopic (exact) mass is 209 g/mol. The SMILES string of the molecule is C=C(C)C1CCC(C)C[C@H]1C(=O)NCC. The number of nitrogens with one attached hydrogen (secondary N) is 1. The predicted molar refractivity (Wildman–Crippen MR) is 63.5 cm³/mol. The van der Waals surface area contributed by atoms with E-state index < -0.39 is 0 Å². The molecule has 1 N–H and O–H groups in total. The molecule has 0 aromatic rings. The van der Waals surface area contributed by atoms with Crippen molar-refractivity contribution in [1.29, 1.82) is 0 Å². The van der Waals surface area contributed by atoms with Crippen LogP contribution in [0, 0.1) is 17.8 Å². The fourth-order valence-corrected chi connectivity index (χ4v) is 2.57. The van der Waals surface area contributed by atoms with Crippen molar-refractivity contribution < 1.29 is 4.79 Å². The Balaban J connectivity index is 2.69. The molecule has 0 aromatic heterocycles. The Morgan fingerprint density at radius 1 is 1.40 bits per heavy atom. The van der Waals surface area contributed by atoms with Gasteiger partial charge in [-0.15, -0.1) is 0 Å². The van der Waals surface area contributed by atoms with E-state index in [9.17, 15) is 4.79 Å². The summed E-state index contributed by atoms with van der Waals surface area (Å²) in [5.74, 6) is 1.45. The van der Waals surface area contributed by atoms with E-state index in [1.54, 1.807) is 0 Å². The summed E-state index contributed by atoms with van der Waals surface area (Å²) in [6.07, 6.45) is 3.37. The zero-order valence-electron chi connectivity index (χ0n) is 10.2.